The summed E-state index contributed by atoms with van der Waals surface area (Å²) in [6.45, 7) is 3.77. The van der Waals surface area contributed by atoms with Gasteiger partial charge in [-0.25, -0.2) is 0 Å². The third-order valence-electron chi connectivity index (χ3n) is 3.82. The monoisotopic (exact) mass is 314 g/mol. The van der Waals surface area contributed by atoms with Crippen molar-refractivity contribution in [2.75, 3.05) is 19.1 Å². The van der Waals surface area contributed by atoms with E-state index in [2.05, 4.69) is 9.72 Å². The lowest BCUT2D eigenvalue weighted by molar-refractivity contribution is -0.143. The van der Waals surface area contributed by atoms with Crippen LogP contribution in [0, 0.1) is 5.41 Å². The van der Waals surface area contributed by atoms with E-state index in [1.165, 1.54) is 7.11 Å². The summed E-state index contributed by atoms with van der Waals surface area (Å²) in [5.41, 5.74) is 1.17. The molecule has 0 N–H and O–H groups in total. The predicted molar refractivity (Wildman–Crippen MR) is 90.2 cm³/mol. The normalized spacial score (nSPS) is 11.3. The van der Waals surface area contributed by atoms with E-state index in [1.54, 1.807) is 18.1 Å². The predicted octanol–water partition coefficient (Wildman–Crippen LogP) is 3.18. The first-order valence-corrected chi connectivity index (χ1v) is 7.50. The smallest absolute Gasteiger partial charge is 0.306 e. The number of para-hydroxylation sites is 1. The van der Waals surface area contributed by atoms with E-state index in [0.29, 0.717) is 0 Å². The summed E-state index contributed by atoms with van der Waals surface area (Å²) in [6, 6.07) is 9.70. The van der Waals surface area contributed by atoms with Crippen molar-refractivity contribution >= 4 is 28.5 Å². The number of hydrogen-bond donors (Lipinski definition) is 0. The number of methoxy groups -OCH3 is 1. The van der Waals surface area contributed by atoms with Crippen LogP contribution in [-0.2, 0) is 14.3 Å². The van der Waals surface area contributed by atoms with Gasteiger partial charge in [-0.2, -0.15) is 0 Å². The number of fused-ring (bicyclic) bond motifs is 1. The van der Waals surface area contributed by atoms with Gasteiger partial charge in [-0.3, -0.25) is 14.6 Å². The molecular formula is C18H22N2O3. The average molecular weight is 314 g/mol. The maximum atomic E-state index is 12.5. The Morgan fingerprint density at radius 3 is 2.61 bits per heavy atom. The van der Waals surface area contributed by atoms with Gasteiger partial charge in [0.25, 0.3) is 0 Å². The van der Waals surface area contributed by atoms with Crippen LogP contribution in [0.25, 0.3) is 10.9 Å². The number of carbonyl (C=O) groups excluding carboxylic acids is 2. The van der Waals surface area contributed by atoms with Gasteiger partial charge >= 0.3 is 5.97 Å². The molecule has 2 rings (SSSR count). The summed E-state index contributed by atoms with van der Waals surface area (Å²) >= 11 is 0. The second kappa shape index (κ2) is 6.77. The van der Waals surface area contributed by atoms with Crippen molar-refractivity contribution in [1.29, 1.82) is 0 Å². The number of anilines is 1. The summed E-state index contributed by atoms with van der Waals surface area (Å²) in [7, 11) is 3.08. The molecular weight excluding hydrogens is 292 g/mol. The molecule has 0 aliphatic carbocycles. The Morgan fingerprint density at radius 1 is 1.22 bits per heavy atom. The summed E-state index contributed by atoms with van der Waals surface area (Å²) < 4.78 is 4.69. The first-order valence-electron chi connectivity index (χ1n) is 7.50. The number of nitrogens with zero attached hydrogens (tertiary/aromatic N) is 2. The minimum Gasteiger partial charge on any atom is -0.469 e. The highest BCUT2D eigenvalue weighted by Crippen LogP contribution is 2.28. The fourth-order valence-electron chi connectivity index (χ4n) is 2.44. The van der Waals surface area contributed by atoms with Gasteiger partial charge in [0.2, 0.25) is 5.91 Å². The topological polar surface area (TPSA) is 59.5 Å². The molecule has 1 aromatic heterocycles. The van der Waals surface area contributed by atoms with Crippen LogP contribution in [0.4, 0.5) is 5.69 Å². The van der Waals surface area contributed by atoms with Crippen LogP contribution in [0.2, 0.25) is 0 Å². The van der Waals surface area contributed by atoms with Crippen molar-refractivity contribution in [2.45, 2.75) is 26.7 Å². The van der Waals surface area contributed by atoms with Crippen LogP contribution >= 0.6 is 0 Å². The molecule has 2 aromatic rings. The van der Waals surface area contributed by atoms with E-state index in [-0.39, 0.29) is 24.7 Å². The number of amides is 1. The Kier molecular flexibility index (Phi) is 4.98. The number of hydrogen-bond acceptors (Lipinski definition) is 4. The van der Waals surface area contributed by atoms with Crippen molar-refractivity contribution in [1.82, 2.24) is 4.98 Å². The van der Waals surface area contributed by atoms with E-state index in [9.17, 15) is 9.59 Å². The zero-order chi connectivity index (χ0) is 17.0. The zero-order valence-corrected chi connectivity index (χ0v) is 14.0. The molecule has 5 nitrogen and oxygen atoms in total. The molecule has 0 fully saturated rings. The molecule has 0 unspecified atom stereocenters. The number of rotatable bonds is 5. The number of pyridine rings is 1. The number of esters is 1. The van der Waals surface area contributed by atoms with Gasteiger partial charge in [-0.1, -0.05) is 32.0 Å². The van der Waals surface area contributed by atoms with Crippen LogP contribution in [0.1, 0.15) is 26.7 Å². The standard InChI is InChI=1S/C18H22N2O3/c1-18(2,11-17(22)23-4)10-16(21)20(3)14-9-13-7-5-6-8-15(13)19-12-14/h5-9,12H,10-11H2,1-4H3. The molecule has 0 radical (unpaired) electrons. The molecule has 0 bridgehead atoms. The lowest BCUT2D eigenvalue weighted by Crippen LogP contribution is -2.32. The zero-order valence-electron chi connectivity index (χ0n) is 14.0. The largest absolute Gasteiger partial charge is 0.469 e. The van der Waals surface area contributed by atoms with Crippen molar-refractivity contribution in [3.8, 4) is 0 Å². The highest BCUT2D eigenvalue weighted by Gasteiger charge is 2.27. The van der Waals surface area contributed by atoms with Gasteiger partial charge < -0.3 is 9.64 Å². The Morgan fingerprint density at radius 2 is 1.91 bits per heavy atom. The van der Waals surface area contributed by atoms with Crippen molar-refractivity contribution < 1.29 is 14.3 Å². The first kappa shape index (κ1) is 16.9. The van der Waals surface area contributed by atoms with Crippen molar-refractivity contribution in [3.05, 3.63) is 36.5 Å². The lowest BCUT2D eigenvalue weighted by Gasteiger charge is -2.26. The summed E-state index contributed by atoms with van der Waals surface area (Å²) in [4.78, 5) is 29.9. The molecule has 23 heavy (non-hydrogen) atoms. The molecule has 0 atom stereocenters. The lowest BCUT2D eigenvalue weighted by atomic mass is 9.85. The van der Waals surface area contributed by atoms with Gasteiger partial charge in [-0.05, 0) is 17.5 Å². The molecule has 0 aliphatic heterocycles. The molecule has 0 saturated carbocycles. The van der Waals surface area contributed by atoms with Gasteiger partial charge in [0.15, 0.2) is 0 Å². The quantitative estimate of drug-likeness (QED) is 0.795. The van der Waals surface area contributed by atoms with Crippen LogP contribution < -0.4 is 4.90 Å². The molecule has 0 spiro atoms. The maximum Gasteiger partial charge on any atom is 0.306 e. The second-order valence-electron chi connectivity index (χ2n) is 6.43. The number of ether oxygens (including phenoxy) is 1. The molecule has 0 aliphatic rings. The Hall–Kier alpha value is -2.43. The fraction of sp³-hybridized carbons (Fsp3) is 0.389. The highest BCUT2D eigenvalue weighted by molar-refractivity contribution is 5.95. The number of carbonyl (C=O) groups is 2. The maximum absolute atomic E-state index is 12.5. The van der Waals surface area contributed by atoms with E-state index in [4.69, 9.17) is 0 Å². The van der Waals surface area contributed by atoms with Gasteiger partial charge in [0.05, 0.1) is 30.9 Å². The Balaban J connectivity index is 2.13. The first-order chi connectivity index (χ1) is 10.8. The minimum absolute atomic E-state index is 0.0593. The molecule has 1 amide bonds. The van der Waals surface area contributed by atoms with E-state index < -0.39 is 5.41 Å². The van der Waals surface area contributed by atoms with Gasteiger partial charge in [0.1, 0.15) is 0 Å². The fourth-order valence-corrected chi connectivity index (χ4v) is 2.44. The molecule has 1 heterocycles. The molecule has 0 saturated heterocycles. The second-order valence-corrected chi connectivity index (χ2v) is 6.43. The Labute approximate surface area is 136 Å². The van der Waals surface area contributed by atoms with Crippen LogP contribution in [0.5, 0.6) is 0 Å². The molecule has 1 aromatic carbocycles. The van der Waals surface area contributed by atoms with Gasteiger partial charge in [0, 0.05) is 18.9 Å². The highest BCUT2D eigenvalue weighted by atomic mass is 16.5. The van der Waals surface area contributed by atoms with Crippen molar-refractivity contribution in [3.63, 3.8) is 0 Å². The Bertz CT molecular complexity index is 725. The third kappa shape index (κ3) is 4.28. The van der Waals surface area contributed by atoms with E-state index in [0.717, 1.165) is 16.6 Å². The van der Waals surface area contributed by atoms with Crippen LogP contribution in [-0.4, -0.2) is 31.0 Å². The van der Waals surface area contributed by atoms with Crippen LogP contribution in [0.3, 0.4) is 0 Å². The molecule has 5 heteroatoms. The SMILES string of the molecule is COC(=O)CC(C)(C)CC(=O)N(C)c1cnc2ccccc2c1. The van der Waals surface area contributed by atoms with E-state index in [1.807, 2.05) is 44.2 Å². The van der Waals surface area contributed by atoms with E-state index >= 15 is 0 Å². The number of aromatic nitrogens is 1. The summed E-state index contributed by atoms with van der Waals surface area (Å²) in [5, 5.41) is 0.985. The van der Waals surface area contributed by atoms with Crippen molar-refractivity contribution in [2.24, 2.45) is 5.41 Å². The minimum atomic E-state index is -0.456. The average Bonchev–Trinajstić information content (AvgIpc) is 2.52. The van der Waals surface area contributed by atoms with Crippen LogP contribution in [0.15, 0.2) is 36.5 Å². The molecule has 122 valence electrons. The summed E-state index contributed by atoms with van der Waals surface area (Å²) in [6.07, 6.45) is 2.15. The number of benzene rings is 1. The van der Waals surface area contributed by atoms with Gasteiger partial charge in [-0.15, -0.1) is 0 Å². The summed E-state index contributed by atoms with van der Waals surface area (Å²) in [5.74, 6) is -0.367. The third-order valence-corrected chi connectivity index (χ3v) is 3.82.